The molecule has 1 aliphatic heterocycles. The maximum atomic E-state index is 12.2. The molecule has 1 saturated heterocycles. The third-order valence-electron chi connectivity index (χ3n) is 3.70. The summed E-state index contributed by atoms with van der Waals surface area (Å²) in [5.74, 6) is 1.08. The fourth-order valence-corrected chi connectivity index (χ4v) is 2.92. The summed E-state index contributed by atoms with van der Waals surface area (Å²) in [4.78, 5) is 16.1. The van der Waals surface area contributed by atoms with E-state index in [0.29, 0.717) is 47.8 Å². The molecule has 0 aliphatic carbocycles. The Kier molecular flexibility index (Phi) is 4.63. The van der Waals surface area contributed by atoms with Gasteiger partial charge in [0.2, 0.25) is 0 Å². The minimum Gasteiger partial charge on any atom is -0.367 e. The molecule has 1 aromatic carbocycles. The van der Waals surface area contributed by atoms with Crippen molar-refractivity contribution in [1.82, 2.24) is 10.1 Å². The number of halogens is 2. The summed E-state index contributed by atoms with van der Waals surface area (Å²) < 4.78 is 4.93. The van der Waals surface area contributed by atoms with E-state index in [0.717, 1.165) is 5.69 Å². The van der Waals surface area contributed by atoms with Crippen LogP contribution in [0, 0.1) is 6.92 Å². The molecule has 2 aromatic rings. The highest BCUT2D eigenvalue weighted by molar-refractivity contribution is 6.43. The minimum absolute atomic E-state index is 0.185. The molecule has 2 amide bonds. The third kappa shape index (κ3) is 3.54. The fraction of sp³-hybridized carbons (Fsp3) is 0.333. The van der Waals surface area contributed by atoms with Crippen LogP contribution in [0.1, 0.15) is 5.76 Å². The number of piperazine rings is 1. The molecule has 23 heavy (non-hydrogen) atoms. The zero-order chi connectivity index (χ0) is 16.4. The topological polar surface area (TPSA) is 61.6 Å². The molecule has 1 N–H and O–H groups in total. The third-order valence-corrected chi connectivity index (χ3v) is 4.51. The second-order valence-electron chi connectivity index (χ2n) is 5.30. The van der Waals surface area contributed by atoms with E-state index < -0.39 is 0 Å². The molecule has 2 heterocycles. The van der Waals surface area contributed by atoms with E-state index in [-0.39, 0.29) is 6.03 Å². The summed E-state index contributed by atoms with van der Waals surface area (Å²) in [6.45, 7) is 4.32. The van der Waals surface area contributed by atoms with Crippen LogP contribution in [-0.4, -0.2) is 42.3 Å². The lowest BCUT2D eigenvalue weighted by Crippen LogP contribution is -2.50. The number of rotatable bonds is 2. The summed E-state index contributed by atoms with van der Waals surface area (Å²) in [6, 6.07) is 7.06. The number of nitrogens with zero attached hydrogens (tertiary/aromatic N) is 3. The molecule has 1 fully saturated rings. The number of benzene rings is 1. The standard InChI is InChI=1S/C15H16Cl2N4O2/c1-10-9-13(19-23-10)18-15(22)21-7-5-20(6-8-21)12-4-2-3-11(16)14(12)17/h2-4,9H,5-8H2,1H3,(H,18,19,22). The van der Waals surface area contributed by atoms with E-state index in [1.165, 1.54) is 0 Å². The monoisotopic (exact) mass is 354 g/mol. The SMILES string of the molecule is Cc1cc(NC(=O)N2CCN(c3cccc(Cl)c3Cl)CC2)no1. The van der Waals surface area contributed by atoms with Crippen LogP contribution in [0.2, 0.25) is 10.0 Å². The van der Waals surface area contributed by atoms with Crippen molar-refractivity contribution in [2.24, 2.45) is 0 Å². The number of hydrogen-bond donors (Lipinski definition) is 1. The highest BCUT2D eigenvalue weighted by atomic mass is 35.5. The van der Waals surface area contributed by atoms with E-state index in [4.69, 9.17) is 27.7 Å². The normalized spacial score (nSPS) is 14.9. The predicted octanol–water partition coefficient (Wildman–Crippen LogP) is 3.64. The van der Waals surface area contributed by atoms with Gasteiger partial charge in [-0.3, -0.25) is 5.32 Å². The van der Waals surface area contributed by atoms with Crippen molar-refractivity contribution in [3.05, 3.63) is 40.1 Å². The Balaban J connectivity index is 1.59. The summed E-state index contributed by atoms with van der Waals surface area (Å²) in [6.07, 6.45) is 0. The van der Waals surface area contributed by atoms with Gasteiger partial charge in [-0.25, -0.2) is 4.79 Å². The van der Waals surface area contributed by atoms with Crippen molar-refractivity contribution in [2.75, 3.05) is 36.4 Å². The lowest BCUT2D eigenvalue weighted by atomic mass is 10.2. The van der Waals surface area contributed by atoms with Crippen molar-refractivity contribution in [2.45, 2.75) is 6.92 Å². The molecular formula is C15H16Cl2N4O2. The van der Waals surface area contributed by atoms with Crippen molar-refractivity contribution in [3.8, 4) is 0 Å². The Morgan fingerprint density at radius 1 is 1.26 bits per heavy atom. The van der Waals surface area contributed by atoms with Crippen LogP contribution >= 0.6 is 23.2 Å². The smallest absolute Gasteiger partial charge is 0.323 e. The molecule has 8 heteroatoms. The Morgan fingerprint density at radius 3 is 2.65 bits per heavy atom. The summed E-state index contributed by atoms with van der Waals surface area (Å²) >= 11 is 12.3. The first-order chi connectivity index (χ1) is 11.0. The molecule has 0 bridgehead atoms. The lowest BCUT2D eigenvalue weighted by molar-refractivity contribution is 0.208. The van der Waals surface area contributed by atoms with Gasteiger partial charge in [-0.2, -0.15) is 0 Å². The van der Waals surface area contributed by atoms with Gasteiger partial charge in [0, 0.05) is 32.2 Å². The molecule has 3 rings (SSSR count). The van der Waals surface area contributed by atoms with Gasteiger partial charge in [0.1, 0.15) is 5.76 Å². The Morgan fingerprint density at radius 2 is 2.00 bits per heavy atom. The van der Waals surface area contributed by atoms with E-state index in [2.05, 4.69) is 15.4 Å². The van der Waals surface area contributed by atoms with E-state index >= 15 is 0 Å². The number of hydrogen-bond acceptors (Lipinski definition) is 4. The van der Waals surface area contributed by atoms with E-state index in [1.807, 2.05) is 12.1 Å². The largest absolute Gasteiger partial charge is 0.367 e. The quantitative estimate of drug-likeness (QED) is 0.893. The van der Waals surface area contributed by atoms with Gasteiger partial charge in [0.25, 0.3) is 0 Å². The van der Waals surface area contributed by atoms with Crippen molar-refractivity contribution in [3.63, 3.8) is 0 Å². The molecule has 1 aromatic heterocycles. The van der Waals surface area contributed by atoms with Crippen LogP contribution in [0.4, 0.5) is 16.3 Å². The average molecular weight is 355 g/mol. The lowest BCUT2D eigenvalue weighted by Gasteiger charge is -2.36. The number of carbonyl (C=O) groups excluding carboxylic acids is 1. The van der Waals surface area contributed by atoms with Crippen molar-refractivity contribution >= 4 is 40.7 Å². The van der Waals surface area contributed by atoms with Gasteiger partial charge in [-0.15, -0.1) is 0 Å². The average Bonchev–Trinajstić information content (AvgIpc) is 2.95. The van der Waals surface area contributed by atoms with Crippen LogP contribution in [-0.2, 0) is 0 Å². The van der Waals surface area contributed by atoms with Gasteiger partial charge in [0.05, 0.1) is 15.7 Å². The van der Waals surface area contributed by atoms with Crippen LogP contribution in [0.15, 0.2) is 28.8 Å². The van der Waals surface area contributed by atoms with Gasteiger partial charge >= 0.3 is 6.03 Å². The van der Waals surface area contributed by atoms with Crippen LogP contribution in [0.3, 0.4) is 0 Å². The zero-order valence-corrected chi connectivity index (χ0v) is 14.1. The van der Waals surface area contributed by atoms with E-state index in [1.54, 1.807) is 24.0 Å². The second-order valence-corrected chi connectivity index (χ2v) is 6.09. The van der Waals surface area contributed by atoms with Gasteiger partial charge in [-0.05, 0) is 19.1 Å². The highest BCUT2D eigenvalue weighted by Crippen LogP contribution is 2.32. The summed E-state index contributed by atoms with van der Waals surface area (Å²) in [5, 5.41) is 7.56. The Hall–Kier alpha value is -1.92. The highest BCUT2D eigenvalue weighted by Gasteiger charge is 2.23. The first-order valence-corrected chi connectivity index (χ1v) is 7.98. The second kappa shape index (κ2) is 6.68. The molecule has 0 spiro atoms. The maximum Gasteiger partial charge on any atom is 0.323 e. The molecule has 6 nitrogen and oxygen atoms in total. The number of aryl methyl sites for hydroxylation is 1. The first-order valence-electron chi connectivity index (χ1n) is 7.23. The molecule has 0 unspecified atom stereocenters. The van der Waals surface area contributed by atoms with E-state index in [9.17, 15) is 4.79 Å². The van der Waals surface area contributed by atoms with Gasteiger partial charge < -0.3 is 14.3 Å². The maximum absolute atomic E-state index is 12.2. The van der Waals surface area contributed by atoms with Crippen LogP contribution < -0.4 is 10.2 Å². The minimum atomic E-state index is -0.185. The number of carbonyl (C=O) groups is 1. The molecule has 0 radical (unpaired) electrons. The number of anilines is 2. The Bertz CT molecular complexity index is 711. The van der Waals surface area contributed by atoms with Crippen molar-refractivity contribution < 1.29 is 9.32 Å². The zero-order valence-electron chi connectivity index (χ0n) is 12.6. The number of aromatic nitrogens is 1. The molecular weight excluding hydrogens is 339 g/mol. The van der Waals surface area contributed by atoms with Crippen LogP contribution in [0.25, 0.3) is 0 Å². The molecule has 1 aliphatic rings. The summed E-state index contributed by atoms with van der Waals surface area (Å²) in [7, 11) is 0. The number of amides is 2. The fourth-order valence-electron chi connectivity index (χ4n) is 2.50. The van der Waals surface area contributed by atoms with Gasteiger partial charge in [-0.1, -0.05) is 34.4 Å². The summed E-state index contributed by atoms with van der Waals surface area (Å²) in [5.41, 5.74) is 0.895. The molecule has 122 valence electrons. The first kappa shape index (κ1) is 16.0. The van der Waals surface area contributed by atoms with Crippen molar-refractivity contribution in [1.29, 1.82) is 0 Å². The predicted molar refractivity (Wildman–Crippen MR) is 90.5 cm³/mol. The van der Waals surface area contributed by atoms with Gasteiger partial charge in [0.15, 0.2) is 5.82 Å². The Labute approximate surface area is 143 Å². The molecule has 0 atom stereocenters. The number of nitrogens with one attached hydrogen (secondary N) is 1. The van der Waals surface area contributed by atoms with Crippen LogP contribution in [0.5, 0.6) is 0 Å². The molecule has 0 saturated carbocycles. The number of urea groups is 1.